The van der Waals surface area contributed by atoms with Gasteiger partial charge in [0, 0.05) is 24.1 Å². The van der Waals surface area contributed by atoms with Crippen molar-refractivity contribution in [2.45, 2.75) is 33.9 Å². The topological polar surface area (TPSA) is 112 Å². The average Bonchev–Trinajstić information content (AvgIpc) is 2.85. The van der Waals surface area contributed by atoms with E-state index in [2.05, 4.69) is 25.3 Å². The van der Waals surface area contributed by atoms with Crippen LogP contribution in [-0.2, 0) is 13.1 Å². The number of imidazole rings is 1. The first-order valence-corrected chi connectivity index (χ1v) is 7.69. The van der Waals surface area contributed by atoms with Crippen LogP contribution in [0.1, 0.15) is 34.5 Å². The lowest BCUT2D eigenvalue weighted by Gasteiger charge is -2.06. The predicted molar refractivity (Wildman–Crippen MR) is 90.3 cm³/mol. The molecule has 3 aromatic rings. The number of nitrogens with zero attached hydrogens (tertiary/aromatic N) is 5. The maximum atomic E-state index is 12.3. The fourth-order valence-electron chi connectivity index (χ4n) is 2.60. The maximum absolute atomic E-state index is 12.3. The summed E-state index contributed by atoms with van der Waals surface area (Å²) in [5, 5.41) is 2.80. The molecule has 124 valence electrons. The van der Waals surface area contributed by atoms with Crippen LogP contribution in [0.5, 0.6) is 0 Å². The number of hydrogen-bond acceptors (Lipinski definition) is 6. The number of nitrogen functional groups attached to an aromatic ring is 1. The van der Waals surface area contributed by atoms with Crippen LogP contribution >= 0.6 is 0 Å². The number of aryl methyl sites for hydroxylation is 3. The Hall–Kier alpha value is -3.03. The molecule has 0 unspecified atom stereocenters. The van der Waals surface area contributed by atoms with Crippen molar-refractivity contribution in [3.8, 4) is 0 Å². The molecule has 3 N–H and O–H groups in total. The van der Waals surface area contributed by atoms with Gasteiger partial charge >= 0.3 is 0 Å². The lowest BCUT2D eigenvalue weighted by Crippen LogP contribution is -2.24. The molecule has 0 aromatic carbocycles. The zero-order valence-electron chi connectivity index (χ0n) is 13.9. The smallest absolute Gasteiger partial charge is 0.253 e. The fourth-order valence-corrected chi connectivity index (χ4v) is 2.60. The highest BCUT2D eigenvalue weighted by molar-refractivity contribution is 5.96. The van der Waals surface area contributed by atoms with Gasteiger partial charge in [0.25, 0.3) is 5.91 Å². The molecule has 0 radical (unpaired) electrons. The molecule has 0 aliphatic carbocycles. The summed E-state index contributed by atoms with van der Waals surface area (Å²) in [5.41, 5.74) is 9.29. The predicted octanol–water partition coefficient (Wildman–Crippen LogP) is 1.37. The number of rotatable bonds is 4. The molecular formula is C16H19N7O. The fraction of sp³-hybridized carbons (Fsp3) is 0.312. The summed E-state index contributed by atoms with van der Waals surface area (Å²) in [6.45, 7) is 6.68. The van der Waals surface area contributed by atoms with Crippen LogP contribution < -0.4 is 11.1 Å². The van der Waals surface area contributed by atoms with Gasteiger partial charge in [-0.15, -0.1) is 0 Å². The molecule has 0 aliphatic rings. The minimum absolute atomic E-state index is 0.253. The van der Waals surface area contributed by atoms with Crippen molar-refractivity contribution in [1.82, 2.24) is 29.8 Å². The van der Waals surface area contributed by atoms with Gasteiger partial charge in [0.15, 0.2) is 5.65 Å². The van der Waals surface area contributed by atoms with Gasteiger partial charge in [-0.05, 0) is 32.9 Å². The van der Waals surface area contributed by atoms with E-state index >= 15 is 0 Å². The minimum Gasteiger partial charge on any atom is -0.369 e. The molecule has 1 amide bonds. The Morgan fingerprint density at radius 3 is 2.58 bits per heavy atom. The Kier molecular flexibility index (Phi) is 4.11. The average molecular weight is 325 g/mol. The summed E-state index contributed by atoms with van der Waals surface area (Å²) in [4.78, 5) is 29.5. The van der Waals surface area contributed by atoms with Gasteiger partial charge < -0.3 is 11.1 Å². The van der Waals surface area contributed by atoms with Crippen molar-refractivity contribution < 1.29 is 4.79 Å². The zero-order chi connectivity index (χ0) is 17.3. The lowest BCUT2D eigenvalue weighted by atomic mass is 10.2. The molecule has 3 heterocycles. The second kappa shape index (κ2) is 6.23. The third kappa shape index (κ3) is 3.03. The van der Waals surface area contributed by atoms with Gasteiger partial charge in [-0.2, -0.15) is 0 Å². The third-order valence-corrected chi connectivity index (χ3v) is 3.63. The summed E-state index contributed by atoms with van der Waals surface area (Å²) in [6.07, 6.45) is 1.52. The van der Waals surface area contributed by atoms with E-state index in [0.717, 1.165) is 11.4 Å². The number of aromatic nitrogens is 5. The number of carbonyl (C=O) groups is 1. The largest absolute Gasteiger partial charge is 0.369 e. The molecular weight excluding hydrogens is 306 g/mol. The van der Waals surface area contributed by atoms with E-state index in [9.17, 15) is 4.79 Å². The van der Waals surface area contributed by atoms with Gasteiger partial charge in [0.1, 0.15) is 11.3 Å². The number of pyridine rings is 1. The maximum Gasteiger partial charge on any atom is 0.253 e. The summed E-state index contributed by atoms with van der Waals surface area (Å²) < 4.78 is 1.79. The zero-order valence-corrected chi connectivity index (χ0v) is 13.9. The molecule has 0 aliphatic heterocycles. The van der Waals surface area contributed by atoms with E-state index in [0.29, 0.717) is 35.0 Å². The molecule has 8 heteroatoms. The van der Waals surface area contributed by atoms with Crippen LogP contribution in [0.4, 0.5) is 5.95 Å². The lowest BCUT2D eigenvalue weighted by molar-refractivity contribution is 0.0949. The molecule has 3 aromatic heterocycles. The molecule has 0 spiro atoms. The summed E-state index contributed by atoms with van der Waals surface area (Å²) in [6, 6.07) is 3.57. The summed E-state index contributed by atoms with van der Waals surface area (Å²) in [7, 11) is 0. The molecule has 0 saturated carbocycles. The Morgan fingerprint density at radius 1 is 1.21 bits per heavy atom. The summed E-state index contributed by atoms with van der Waals surface area (Å²) in [5.74, 6) is 0.715. The van der Waals surface area contributed by atoms with E-state index in [4.69, 9.17) is 5.73 Å². The van der Waals surface area contributed by atoms with Crippen molar-refractivity contribution >= 4 is 23.0 Å². The Balaban J connectivity index is 1.78. The number of nitrogens with one attached hydrogen (secondary N) is 1. The van der Waals surface area contributed by atoms with Gasteiger partial charge in [0.2, 0.25) is 5.95 Å². The van der Waals surface area contributed by atoms with Crippen LogP contribution in [0, 0.1) is 13.8 Å². The Bertz CT molecular complexity index is 896. The number of fused-ring (bicyclic) bond motifs is 1. The van der Waals surface area contributed by atoms with Gasteiger partial charge in [0.05, 0.1) is 12.1 Å². The van der Waals surface area contributed by atoms with Crippen molar-refractivity contribution in [2.24, 2.45) is 0 Å². The first-order valence-electron chi connectivity index (χ1n) is 7.69. The van der Waals surface area contributed by atoms with E-state index in [-0.39, 0.29) is 12.5 Å². The normalized spacial score (nSPS) is 11.0. The van der Waals surface area contributed by atoms with Crippen LogP contribution in [-0.4, -0.2) is 30.4 Å². The first-order chi connectivity index (χ1) is 11.5. The number of amides is 1. The second-order valence-corrected chi connectivity index (χ2v) is 5.53. The van der Waals surface area contributed by atoms with Crippen molar-refractivity contribution in [3.63, 3.8) is 0 Å². The number of anilines is 1. The molecule has 0 saturated heterocycles. The van der Waals surface area contributed by atoms with Gasteiger partial charge in [-0.25, -0.2) is 19.9 Å². The van der Waals surface area contributed by atoms with E-state index in [1.54, 1.807) is 10.6 Å². The van der Waals surface area contributed by atoms with Crippen LogP contribution in [0.2, 0.25) is 0 Å². The SMILES string of the molecule is CCn1c(N)nc2cc(C(=O)NCc3nc(C)cc(C)n3)cnc21. The summed E-state index contributed by atoms with van der Waals surface area (Å²) >= 11 is 0. The van der Waals surface area contributed by atoms with Crippen molar-refractivity contribution in [2.75, 3.05) is 5.73 Å². The number of nitrogens with two attached hydrogens (primary N) is 1. The standard InChI is InChI=1S/C16H19N7O/c1-4-23-14-12(22-16(23)17)6-11(7-18-14)15(24)19-8-13-20-9(2)5-10(3)21-13/h5-7H,4,8H2,1-3H3,(H2,17,22)(H,19,24). The number of hydrogen-bond donors (Lipinski definition) is 2. The highest BCUT2D eigenvalue weighted by Crippen LogP contribution is 2.16. The third-order valence-electron chi connectivity index (χ3n) is 3.63. The monoisotopic (exact) mass is 325 g/mol. The molecule has 24 heavy (non-hydrogen) atoms. The molecule has 0 atom stereocenters. The molecule has 0 fully saturated rings. The molecule has 8 nitrogen and oxygen atoms in total. The van der Waals surface area contributed by atoms with E-state index in [1.165, 1.54) is 6.20 Å². The van der Waals surface area contributed by atoms with Crippen molar-refractivity contribution in [1.29, 1.82) is 0 Å². The first kappa shape index (κ1) is 15.9. The molecule has 0 bridgehead atoms. The number of carbonyl (C=O) groups excluding carboxylic acids is 1. The highest BCUT2D eigenvalue weighted by Gasteiger charge is 2.13. The highest BCUT2D eigenvalue weighted by atomic mass is 16.1. The van der Waals surface area contributed by atoms with Crippen LogP contribution in [0.3, 0.4) is 0 Å². The van der Waals surface area contributed by atoms with Crippen LogP contribution in [0.15, 0.2) is 18.3 Å². The van der Waals surface area contributed by atoms with E-state index in [1.807, 2.05) is 26.8 Å². The van der Waals surface area contributed by atoms with Gasteiger partial charge in [-0.1, -0.05) is 0 Å². The Morgan fingerprint density at radius 2 is 1.92 bits per heavy atom. The minimum atomic E-state index is -0.253. The van der Waals surface area contributed by atoms with Gasteiger partial charge in [-0.3, -0.25) is 9.36 Å². The quantitative estimate of drug-likeness (QED) is 0.749. The second-order valence-electron chi connectivity index (χ2n) is 5.53. The Labute approximate surface area is 139 Å². The molecule has 3 rings (SSSR count). The van der Waals surface area contributed by atoms with Crippen LogP contribution in [0.25, 0.3) is 11.2 Å². The van der Waals surface area contributed by atoms with Crippen molar-refractivity contribution in [3.05, 3.63) is 41.1 Å². The van der Waals surface area contributed by atoms with E-state index < -0.39 is 0 Å².